The second kappa shape index (κ2) is 8.33. The van der Waals surface area contributed by atoms with Gasteiger partial charge in [0.2, 0.25) is 5.91 Å². The topological polar surface area (TPSA) is 43.9 Å². The van der Waals surface area contributed by atoms with Crippen LogP contribution in [0.2, 0.25) is 5.02 Å². The van der Waals surface area contributed by atoms with Crippen LogP contribution in [0.5, 0.6) is 0 Å². The van der Waals surface area contributed by atoms with Gasteiger partial charge in [-0.3, -0.25) is 14.5 Å². The highest BCUT2D eigenvalue weighted by atomic mass is 35.5. The molecule has 2 aromatic rings. The summed E-state index contributed by atoms with van der Waals surface area (Å²) in [6.45, 7) is 4.30. The number of hydrogen-bond donors (Lipinski definition) is 0. The third-order valence-corrected chi connectivity index (χ3v) is 5.67. The molecule has 2 fully saturated rings. The molecule has 2 amide bonds. The van der Waals surface area contributed by atoms with Crippen molar-refractivity contribution in [3.63, 3.8) is 0 Å². The number of hydrogen-bond acceptors (Lipinski definition) is 3. The first-order valence-electron chi connectivity index (χ1n) is 9.77. The van der Waals surface area contributed by atoms with Gasteiger partial charge >= 0.3 is 0 Å². The van der Waals surface area contributed by atoms with Crippen molar-refractivity contribution in [3.05, 3.63) is 64.7 Å². The lowest BCUT2D eigenvalue weighted by atomic mass is 10.1. The maximum absolute atomic E-state index is 12.8. The summed E-state index contributed by atoms with van der Waals surface area (Å²) < 4.78 is 0. The van der Waals surface area contributed by atoms with Gasteiger partial charge in [0.05, 0.1) is 0 Å². The van der Waals surface area contributed by atoms with Crippen LogP contribution in [0.4, 0.5) is 5.69 Å². The Bertz CT molecular complexity index is 862. The molecule has 0 spiro atoms. The molecule has 28 heavy (non-hydrogen) atoms. The average molecular weight is 398 g/mol. The average Bonchev–Trinajstić information content (AvgIpc) is 3.21. The fraction of sp³-hybridized carbons (Fsp3) is 0.364. The van der Waals surface area contributed by atoms with Crippen molar-refractivity contribution in [2.45, 2.75) is 19.4 Å². The molecule has 2 aliphatic rings. The van der Waals surface area contributed by atoms with Crippen LogP contribution in [0.3, 0.4) is 0 Å². The molecular formula is C22H24ClN3O2. The van der Waals surface area contributed by atoms with Gasteiger partial charge in [0.25, 0.3) is 5.91 Å². The molecule has 2 heterocycles. The summed E-state index contributed by atoms with van der Waals surface area (Å²) in [6.07, 6.45) is 2.54. The Morgan fingerprint density at radius 1 is 0.964 bits per heavy atom. The lowest BCUT2D eigenvalue weighted by molar-refractivity contribution is -0.120. The fourth-order valence-corrected chi connectivity index (χ4v) is 4.08. The second-order valence-corrected chi connectivity index (χ2v) is 7.87. The van der Waals surface area contributed by atoms with Gasteiger partial charge in [-0.25, -0.2) is 0 Å². The number of nitrogens with zero attached hydrogens (tertiary/aromatic N) is 3. The molecule has 0 aromatic heterocycles. The zero-order valence-electron chi connectivity index (χ0n) is 15.8. The van der Waals surface area contributed by atoms with E-state index in [1.165, 1.54) is 18.4 Å². The number of rotatable bonds is 4. The first kappa shape index (κ1) is 19.0. The predicted octanol–water partition coefficient (Wildman–Crippen LogP) is 3.42. The van der Waals surface area contributed by atoms with Crippen molar-refractivity contribution in [3.8, 4) is 0 Å². The summed E-state index contributed by atoms with van der Waals surface area (Å²) in [4.78, 5) is 31.2. The van der Waals surface area contributed by atoms with Gasteiger partial charge in [0.1, 0.15) is 6.54 Å². The molecule has 0 N–H and O–H groups in total. The predicted molar refractivity (Wildman–Crippen MR) is 111 cm³/mol. The zero-order valence-corrected chi connectivity index (χ0v) is 16.6. The smallest absolute Gasteiger partial charge is 0.254 e. The van der Waals surface area contributed by atoms with Gasteiger partial charge in [-0.05, 0) is 61.8 Å². The highest BCUT2D eigenvalue weighted by Crippen LogP contribution is 2.22. The molecule has 0 bridgehead atoms. The van der Waals surface area contributed by atoms with Crippen LogP contribution in [0.15, 0.2) is 48.5 Å². The standard InChI is InChI=1S/C22H24ClN3O2/c23-19-4-3-5-20(14-19)26-13-12-25(16-21(26)27)22(28)18-8-6-17(7-9-18)15-24-10-1-2-11-24/h3-9,14H,1-2,10-13,15-16H2. The van der Waals surface area contributed by atoms with Crippen LogP contribution in [0.25, 0.3) is 0 Å². The van der Waals surface area contributed by atoms with Gasteiger partial charge < -0.3 is 9.80 Å². The molecule has 146 valence electrons. The summed E-state index contributed by atoms with van der Waals surface area (Å²) in [5, 5.41) is 0.595. The molecule has 6 heteroatoms. The van der Waals surface area contributed by atoms with Crippen LogP contribution < -0.4 is 4.90 Å². The number of amides is 2. The largest absolute Gasteiger partial charge is 0.328 e. The van der Waals surface area contributed by atoms with E-state index in [0.717, 1.165) is 25.3 Å². The summed E-state index contributed by atoms with van der Waals surface area (Å²) in [5.41, 5.74) is 2.63. The molecule has 0 radical (unpaired) electrons. The molecule has 4 rings (SSSR count). The Hall–Kier alpha value is -2.37. The Kier molecular flexibility index (Phi) is 5.64. The molecule has 0 aliphatic carbocycles. The minimum atomic E-state index is -0.0909. The van der Waals surface area contributed by atoms with E-state index in [1.807, 2.05) is 36.4 Å². The molecule has 2 saturated heterocycles. The first-order valence-corrected chi connectivity index (χ1v) is 10.1. The fourth-order valence-electron chi connectivity index (χ4n) is 3.90. The van der Waals surface area contributed by atoms with E-state index >= 15 is 0 Å². The van der Waals surface area contributed by atoms with E-state index in [-0.39, 0.29) is 18.4 Å². The normalized spacial score (nSPS) is 18.0. The summed E-state index contributed by atoms with van der Waals surface area (Å²) in [7, 11) is 0. The number of carbonyl (C=O) groups is 2. The summed E-state index contributed by atoms with van der Waals surface area (Å²) in [5.74, 6) is -0.181. The Labute approximate surface area is 170 Å². The molecule has 0 saturated carbocycles. The number of halogens is 1. The van der Waals surface area contributed by atoms with Gasteiger partial charge in [-0.2, -0.15) is 0 Å². The third-order valence-electron chi connectivity index (χ3n) is 5.43. The van der Waals surface area contributed by atoms with Crippen LogP contribution in [0.1, 0.15) is 28.8 Å². The molecule has 2 aliphatic heterocycles. The highest BCUT2D eigenvalue weighted by Gasteiger charge is 2.28. The van der Waals surface area contributed by atoms with E-state index in [2.05, 4.69) is 4.90 Å². The first-order chi connectivity index (χ1) is 13.6. The van der Waals surface area contributed by atoms with Crippen molar-refractivity contribution < 1.29 is 9.59 Å². The number of piperazine rings is 1. The van der Waals surface area contributed by atoms with Gasteiger partial charge in [-0.15, -0.1) is 0 Å². The third kappa shape index (κ3) is 4.21. The van der Waals surface area contributed by atoms with Crippen LogP contribution >= 0.6 is 11.6 Å². The Balaban J connectivity index is 1.38. The van der Waals surface area contributed by atoms with E-state index in [9.17, 15) is 9.59 Å². The molecule has 0 unspecified atom stereocenters. The van der Waals surface area contributed by atoms with Crippen molar-refractivity contribution >= 4 is 29.1 Å². The van der Waals surface area contributed by atoms with E-state index in [0.29, 0.717) is 23.7 Å². The highest BCUT2D eigenvalue weighted by molar-refractivity contribution is 6.30. The lowest BCUT2D eigenvalue weighted by Crippen LogP contribution is -2.52. The van der Waals surface area contributed by atoms with Crippen molar-refractivity contribution in [2.24, 2.45) is 0 Å². The number of carbonyl (C=O) groups excluding carboxylic acids is 2. The molecule has 0 atom stereocenters. The summed E-state index contributed by atoms with van der Waals surface area (Å²) >= 11 is 6.03. The number of anilines is 1. The zero-order chi connectivity index (χ0) is 19.5. The van der Waals surface area contributed by atoms with Crippen molar-refractivity contribution in [1.29, 1.82) is 0 Å². The quantitative estimate of drug-likeness (QED) is 0.794. The monoisotopic (exact) mass is 397 g/mol. The maximum Gasteiger partial charge on any atom is 0.254 e. The van der Waals surface area contributed by atoms with Gasteiger partial charge in [0, 0.05) is 35.9 Å². The van der Waals surface area contributed by atoms with Crippen LogP contribution in [-0.4, -0.2) is 54.3 Å². The minimum Gasteiger partial charge on any atom is -0.328 e. The Morgan fingerprint density at radius 3 is 2.39 bits per heavy atom. The van der Waals surface area contributed by atoms with Gasteiger partial charge in [0.15, 0.2) is 0 Å². The van der Waals surface area contributed by atoms with Gasteiger partial charge in [-0.1, -0.05) is 29.8 Å². The molecule has 2 aromatic carbocycles. The van der Waals surface area contributed by atoms with E-state index in [1.54, 1.807) is 21.9 Å². The molecular weight excluding hydrogens is 374 g/mol. The SMILES string of the molecule is O=C(c1ccc(CN2CCCC2)cc1)N1CCN(c2cccc(Cl)c2)C(=O)C1. The Morgan fingerprint density at radius 2 is 1.71 bits per heavy atom. The maximum atomic E-state index is 12.8. The van der Waals surface area contributed by atoms with Crippen molar-refractivity contribution in [1.82, 2.24) is 9.80 Å². The van der Waals surface area contributed by atoms with E-state index in [4.69, 9.17) is 11.6 Å². The number of likely N-dealkylation sites (tertiary alicyclic amines) is 1. The minimum absolute atomic E-state index is 0.0842. The van der Waals surface area contributed by atoms with Crippen molar-refractivity contribution in [2.75, 3.05) is 37.6 Å². The van der Waals surface area contributed by atoms with E-state index < -0.39 is 0 Å². The summed E-state index contributed by atoms with van der Waals surface area (Å²) in [6, 6.07) is 15.0. The lowest BCUT2D eigenvalue weighted by Gasteiger charge is -2.34. The second-order valence-electron chi connectivity index (χ2n) is 7.43. The van der Waals surface area contributed by atoms with Crippen LogP contribution in [0, 0.1) is 0 Å². The molecule has 5 nitrogen and oxygen atoms in total. The number of benzene rings is 2. The van der Waals surface area contributed by atoms with Crippen LogP contribution in [-0.2, 0) is 11.3 Å².